The Kier molecular flexibility index (Phi) is 4.89. The van der Waals surface area contributed by atoms with Crippen molar-refractivity contribution >= 4 is 0 Å². The van der Waals surface area contributed by atoms with Crippen molar-refractivity contribution in [1.82, 2.24) is 10.2 Å². The van der Waals surface area contributed by atoms with Gasteiger partial charge in [-0.3, -0.25) is 4.90 Å². The smallest absolute Gasteiger partial charge is 0.124 e. The van der Waals surface area contributed by atoms with Crippen molar-refractivity contribution in [1.29, 1.82) is 0 Å². The first-order valence-corrected chi connectivity index (χ1v) is 7.44. The van der Waals surface area contributed by atoms with Crippen molar-refractivity contribution in [2.45, 2.75) is 50.7 Å². The molecule has 4 heteroatoms. The SMILES string of the molecule is CNC1CCC(N(C)C(C)c2ccc(O)cc2O)CC1. The molecule has 0 bridgehead atoms. The number of phenols is 2. The summed E-state index contributed by atoms with van der Waals surface area (Å²) in [5.74, 6) is 0.281. The van der Waals surface area contributed by atoms with Gasteiger partial charge in [0.05, 0.1) is 0 Å². The Morgan fingerprint density at radius 1 is 1.20 bits per heavy atom. The van der Waals surface area contributed by atoms with Crippen LogP contribution in [0.3, 0.4) is 0 Å². The number of rotatable bonds is 4. The second-order valence-corrected chi connectivity index (χ2v) is 5.88. The number of benzene rings is 1. The van der Waals surface area contributed by atoms with Gasteiger partial charge in [0.15, 0.2) is 0 Å². The van der Waals surface area contributed by atoms with Crippen molar-refractivity contribution in [2.75, 3.05) is 14.1 Å². The molecule has 1 atom stereocenters. The summed E-state index contributed by atoms with van der Waals surface area (Å²) in [6.07, 6.45) is 4.79. The average Bonchev–Trinajstić information content (AvgIpc) is 2.46. The van der Waals surface area contributed by atoms with Crippen LogP contribution < -0.4 is 5.32 Å². The maximum atomic E-state index is 9.99. The summed E-state index contributed by atoms with van der Waals surface area (Å²) in [6, 6.07) is 6.21. The fourth-order valence-corrected chi connectivity index (χ4v) is 3.19. The monoisotopic (exact) mass is 278 g/mol. The molecule has 1 aliphatic carbocycles. The minimum atomic E-state index is 0.107. The van der Waals surface area contributed by atoms with Gasteiger partial charge < -0.3 is 15.5 Å². The van der Waals surface area contributed by atoms with Crippen LogP contribution in [0, 0.1) is 0 Å². The Labute approximate surface area is 121 Å². The van der Waals surface area contributed by atoms with E-state index in [1.807, 2.05) is 13.1 Å². The second kappa shape index (κ2) is 6.46. The summed E-state index contributed by atoms with van der Waals surface area (Å²) >= 11 is 0. The van der Waals surface area contributed by atoms with Crippen molar-refractivity contribution in [3.8, 4) is 11.5 Å². The maximum absolute atomic E-state index is 9.99. The second-order valence-electron chi connectivity index (χ2n) is 5.88. The highest BCUT2D eigenvalue weighted by molar-refractivity contribution is 5.40. The molecule has 0 spiro atoms. The van der Waals surface area contributed by atoms with Crippen LogP contribution in [0.1, 0.15) is 44.2 Å². The average molecular weight is 278 g/mol. The Morgan fingerprint density at radius 3 is 2.40 bits per heavy atom. The van der Waals surface area contributed by atoms with E-state index >= 15 is 0 Å². The van der Waals surface area contributed by atoms with Crippen molar-refractivity contribution in [3.05, 3.63) is 23.8 Å². The minimum Gasteiger partial charge on any atom is -0.508 e. The lowest BCUT2D eigenvalue weighted by Crippen LogP contribution is -2.40. The van der Waals surface area contributed by atoms with E-state index in [2.05, 4.69) is 24.2 Å². The fraction of sp³-hybridized carbons (Fsp3) is 0.625. The van der Waals surface area contributed by atoms with E-state index in [0.717, 1.165) is 5.56 Å². The predicted molar refractivity (Wildman–Crippen MR) is 81.1 cm³/mol. The molecule has 112 valence electrons. The van der Waals surface area contributed by atoms with Gasteiger partial charge in [-0.2, -0.15) is 0 Å². The summed E-state index contributed by atoms with van der Waals surface area (Å²) in [5.41, 5.74) is 0.876. The third-order valence-electron chi connectivity index (χ3n) is 4.76. The van der Waals surface area contributed by atoms with Crippen LogP contribution >= 0.6 is 0 Å². The van der Waals surface area contributed by atoms with E-state index in [9.17, 15) is 10.2 Å². The van der Waals surface area contributed by atoms with Gasteiger partial charge in [0.2, 0.25) is 0 Å². The number of nitrogens with zero attached hydrogens (tertiary/aromatic N) is 1. The molecule has 4 nitrogen and oxygen atoms in total. The summed E-state index contributed by atoms with van der Waals surface area (Å²) in [4.78, 5) is 2.35. The van der Waals surface area contributed by atoms with Crippen LogP contribution in [0.2, 0.25) is 0 Å². The summed E-state index contributed by atoms with van der Waals surface area (Å²) in [5, 5.41) is 22.7. The van der Waals surface area contributed by atoms with Crippen LogP contribution in [-0.4, -0.2) is 41.3 Å². The molecular formula is C16H26N2O2. The Bertz CT molecular complexity index is 442. The van der Waals surface area contributed by atoms with E-state index in [1.54, 1.807) is 6.07 Å². The fourth-order valence-electron chi connectivity index (χ4n) is 3.19. The molecule has 0 aliphatic heterocycles. The van der Waals surface area contributed by atoms with E-state index < -0.39 is 0 Å². The van der Waals surface area contributed by atoms with E-state index in [0.29, 0.717) is 12.1 Å². The quantitative estimate of drug-likeness (QED) is 0.792. The number of nitrogens with one attached hydrogen (secondary N) is 1. The molecule has 0 amide bonds. The summed E-state index contributed by atoms with van der Waals surface area (Å²) in [6.45, 7) is 2.11. The topological polar surface area (TPSA) is 55.7 Å². The molecule has 0 heterocycles. The van der Waals surface area contributed by atoms with Gasteiger partial charge in [-0.15, -0.1) is 0 Å². The molecule has 20 heavy (non-hydrogen) atoms. The van der Waals surface area contributed by atoms with Crippen molar-refractivity contribution < 1.29 is 10.2 Å². The molecule has 0 radical (unpaired) electrons. The normalized spacial score (nSPS) is 24.8. The Morgan fingerprint density at radius 2 is 1.85 bits per heavy atom. The molecule has 3 N–H and O–H groups in total. The van der Waals surface area contributed by atoms with Gasteiger partial charge in [0, 0.05) is 29.8 Å². The molecule has 1 aromatic rings. The van der Waals surface area contributed by atoms with Crippen LogP contribution in [0.4, 0.5) is 0 Å². The maximum Gasteiger partial charge on any atom is 0.124 e. The highest BCUT2D eigenvalue weighted by atomic mass is 16.3. The molecule has 1 aromatic carbocycles. The number of aromatic hydroxyl groups is 2. The van der Waals surface area contributed by atoms with E-state index in [1.165, 1.54) is 31.7 Å². The first-order chi connectivity index (χ1) is 9.52. The zero-order chi connectivity index (χ0) is 14.7. The molecule has 0 aromatic heterocycles. The number of hydrogen-bond donors (Lipinski definition) is 3. The van der Waals surface area contributed by atoms with E-state index in [4.69, 9.17) is 0 Å². The van der Waals surface area contributed by atoms with Gasteiger partial charge in [0.1, 0.15) is 11.5 Å². The first-order valence-electron chi connectivity index (χ1n) is 7.44. The Hall–Kier alpha value is -1.26. The lowest BCUT2D eigenvalue weighted by atomic mass is 9.89. The van der Waals surface area contributed by atoms with E-state index in [-0.39, 0.29) is 17.5 Å². The van der Waals surface area contributed by atoms with Crippen LogP contribution in [0.5, 0.6) is 11.5 Å². The van der Waals surface area contributed by atoms with Crippen LogP contribution in [-0.2, 0) is 0 Å². The molecule has 0 saturated heterocycles. The predicted octanol–water partition coefficient (Wildman–Crippen LogP) is 2.62. The lowest BCUT2D eigenvalue weighted by Gasteiger charge is -2.38. The zero-order valence-corrected chi connectivity index (χ0v) is 12.6. The molecule has 1 fully saturated rings. The zero-order valence-electron chi connectivity index (χ0n) is 12.6. The van der Waals surface area contributed by atoms with Crippen LogP contribution in [0.15, 0.2) is 18.2 Å². The van der Waals surface area contributed by atoms with Gasteiger partial charge in [-0.25, -0.2) is 0 Å². The third-order valence-corrected chi connectivity index (χ3v) is 4.76. The minimum absolute atomic E-state index is 0.107. The number of phenolic OH excluding ortho intramolecular Hbond substituents is 2. The highest BCUT2D eigenvalue weighted by Gasteiger charge is 2.27. The molecule has 1 aliphatic rings. The number of hydrogen-bond acceptors (Lipinski definition) is 4. The molecule has 2 rings (SSSR count). The largest absolute Gasteiger partial charge is 0.508 e. The lowest BCUT2D eigenvalue weighted by molar-refractivity contribution is 0.134. The van der Waals surface area contributed by atoms with Gasteiger partial charge in [-0.1, -0.05) is 6.07 Å². The standard InChI is InChI=1S/C16H26N2O2/c1-11(15-9-8-14(19)10-16(15)20)18(3)13-6-4-12(17-2)5-7-13/h8-13,17,19-20H,4-7H2,1-3H3. The van der Waals surface area contributed by atoms with Gasteiger partial charge in [0.25, 0.3) is 0 Å². The summed E-state index contributed by atoms with van der Waals surface area (Å²) < 4.78 is 0. The molecule has 1 unspecified atom stereocenters. The molecular weight excluding hydrogens is 252 g/mol. The van der Waals surface area contributed by atoms with Gasteiger partial charge >= 0.3 is 0 Å². The Balaban J connectivity index is 2.03. The summed E-state index contributed by atoms with van der Waals surface area (Å²) in [7, 11) is 4.16. The van der Waals surface area contributed by atoms with Crippen molar-refractivity contribution in [3.63, 3.8) is 0 Å². The first kappa shape index (κ1) is 15.1. The highest BCUT2D eigenvalue weighted by Crippen LogP contribution is 2.34. The van der Waals surface area contributed by atoms with Gasteiger partial charge in [-0.05, 0) is 52.8 Å². The van der Waals surface area contributed by atoms with Crippen molar-refractivity contribution in [2.24, 2.45) is 0 Å². The van der Waals surface area contributed by atoms with Crippen LogP contribution in [0.25, 0.3) is 0 Å². The third kappa shape index (κ3) is 3.25. The molecule has 1 saturated carbocycles.